The smallest absolute Gasteiger partial charge is 0.264 e. The highest BCUT2D eigenvalue weighted by atomic mass is 16.5. The number of carbonyl (C=O) groups is 2. The van der Waals surface area contributed by atoms with Gasteiger partial charge in [-0.15, -0.1) is 0 Å². The van der Waals surface area contributed by atoms with Crippen LogP contribution in [0.2, 0.25) is 0 Å². The predicted octanol–water partition coefficient (Wildman–Crippen LogP) is 0.727. The lowest BCUT2D eigenvalue weighted by atomic mass is 10.1. The van der Waals surface area contributed by atoms with E-state index < -0.39 is 6.10 Å². The number of nitrogens with one attached hydrogen (secondary N) is 1. The molecule has 1 aliphatic heterocycles. The van der Waals surface area contributed by atoms with E-state index in [-0.39, 0.29) is 18.4 Å². The van der Waals surface area contributed by atoms with Crippen LogP contribution < -0.4 is 10.1 Å². The van der Waals surface area contributed by atoms with E-state index in [1.165, 1.54) is 4.90 Å². The molecule has 1 aromatic rings. The van der Waals surface area contributed by atoms with Crippen molar-refractivity contribution in [1.29, 1.82) is 0 Å². The molecule has 1 aromatic carbocycles. The maximum Gasteiger partial charge on any atom is 0.264 e. The van der Waals surface area contributed by atoms with Crippen molar-refractivity contribution in [3.63, 3.8) is 0 Å². The third-order valence-electron chi connectivity index (χ3n) is 3.62. The lowest BCUT2D eigenvalue weighted by Crippen LogP contribution is -2.44. The lowest BCUT2D eigenvalue weighted by molar-refractivity contribution is -0.140. The van der Waals surface area contributed by atoms with Gasteiger partial charge in [0.25, 0.3) is 5.91 Å². The number of hydrogen-bond acceptors (Lipinski definition) is 3. The molecule has 0 radical (unpaired) electrons. The minimum atomic E-state index is -0.508. The number of hydrogen-bond donors (Lipinski definition) is 1. The van der Waals surface area contributed by atoms with Crippen LogP contribution in [0, 0.1) is 0 Å². The number of amides is 2. The molecule has 2 amide bonds. The molecule has 1 N–H and O–H groups in total. The number of benzene rings is 1. The van der Waals surface area contributed by atoms with Crippen molar-refractivity contribution in [2.24, 2.45) is 0 Å². The van der Waals surface area contributed by atoms with Crippen molar-refractivity contribution in [2.75, 3.05) is 13.6 Å². The third-order valence-corrected chi connectivity index (χ3v) is 3.62. The highest BCUT2D eigenvalue weighted by Crippen LogP contribution is 2.28. The van der Waals surface area contributed by atoms with Gasteiger partial charge in [0, 0.05) is 19.5 Å². The summed E-state index contributed by atoms with van der Waals surface area (Å²) in [6.07, 6.45) is 2.16. The Morgan fingerprint density at radius 2 is 2.10 bits per heavy atom. The first-order valence-electron chi connectivity index (χ1n) is 6.92. The van der Waals surface area contributed by atoms with E-state index in [1.54, 1.807) is 7.05 Å². The molecular weight excluding hydrogens is 256 g/mol. The minimum Gasteiger partial charge on any atom is -0.480 e. The largest absolute Gasteiger partial charge is 0.480 e. The number of rotatable bonds is 4. The summed E-state index contributed by atoms with van der Waals surface area (Å²) in [7, 11) is 1.64. The van der Waals surface area contributed by atoms with Gasteiger partial charge in [0.15, 0.2) is 6.10 Å². The van der Waals surface area contributed by atoms with Crippen molar-refractivity contribution < 1.29 is 14.3 Å². The average molecular weight is 274 g/mol. The minimum absolute atomic E-state index is 0.0888. The Morgan fingerprint density at radius 1 is 1.35 bits per heavy atom. The number of para-hydroxylation sites is 1. The fraction of sp³-hybridized carbons (Fsp3) is 0.467. The molecule has 5 heteroatoms. The second kappa shape index (κ2) is 5.15. The number of carbonyl (C=O) groups excluding carboxylic acids is 2. The summed E-state index contributed by atoms with van der Waals surface area (Å²) in [5, 5.41) is 2.87. The van der Waals surface area contributed by atoms with Gasteiger partial charge in [-0.3, -0.25) is 9.59 Å². The fourth-order valence-corrected chi connectivity index (χ4v) is 2.36. The molecule has 2 aliphatic rings. The summed E-state index contributed by atoms with van der Waals surface area (Å²) in [4.78, 5) is 25.4. The summed E-state index contributed by atoms with van der Waals surface area (Å²) in [6, 6.07) is 7.96. The van der Waals surface area contributed by atoms with Crippen LogP contribution in [-0.2, 0) is 16.0 Å². The molecule has 3 rings (SSSR count). The third kappa shape index (κ3) is 2.76. The second-order valence-electron chi connectivity index (χ2n) is 5.45. The topological polar surface area (TPSA) is 58.6 Å². The van der Waals surface area contributed by atoms with Crippen LogP contribution in [0.5, 0.6) is 5.75 Å². The van der Waals surface area contributed by atoms with Crippen molar-refractivity contribution in [1.82, 2.24) is 10.2 Å². The molecule has 20 heavy (non-hydrogen) atoms. The average Bonchev–Trinajstić information content (AvgIpc) is 3.12. The Kier molecular flexibility index (Phi) is 3.34. The normalized spacial score (nSPS) is 19.9. The molecule has 1 fully saturated rings. The first-order valence-corrected chi connectivity index (χ1v) is 6.92. The van der Waals surface area contributed by atoms with Gasteiger partial charge in [-0.05, 0) is 24.5 Å². The Bertz CT molecular complexity index is 515. The van der Waals surface area contributed by atoms with Crippen molar-refractivity contribution in [3.05, 3.63) is 29.8 Å². The van der Waals surface area contributed by atoms with Gasteiger partial charge in [-0.25, -0.2) is 0 Å². The van der Waals surface area contributed by atoms with Crippen LogP contribution in [0.25, 0.3) is 0 Å². The van der Waals surface area contributed by atoms with Crippen LogP contribution in [0.15, 0.2) is 24.3 Å². The molecule has 1 saturated carbocycles. The van der Waals surface area contributed by atoms with Crippen molar-refractivity contribution in [3.8, 4) is 5.75 Å². The van der Waals surface area contributed by atoms with Gasteiger partial charge in [0.2, 0.25) is 5.91 Å². The molecule has 5 nitrogen and oxygen atoms in total. The predicted molar refractivity (Wildman–Crippen MR) is 73.4 cm³/mol. The first-order chi connectivity index (χ1) is 9.63. The quantitative estimate of drug-likeness (QED) is 0.880. The summed E-state index contributed by atoms with van der Waals surface area (Å²) >= 11 is 0. The summed E-state index contributed by atoms with van der Waals surface area (Å²) in [5.41, 5.74) is 1.04. The monoisotopic (exact) mass is 274 g/mol. The summed E-state index contributed by atoms with van der Waals surface area (Å²) < 4.78 is 5.64. The van der Waals surface area contributed by atoms with E-state index in [0.29, 0.717) is 12.5 Å². The Hall–Kier alpha value is -2.04. The standard InChI is InChI=1S/C15H18N2O3/c1-17(9-14(18)16-11-6-7-11)15(19)13-8-10-4-2-3-5-12(10)20-13/h2-5,11,13H,6-9H2,1H3,(H,16,18)/t13-/m0/s1. The molecule has 1 atom stereocenters. The Balaban J connectivity index is 1.55. The van der Waals surface area contributed by atoms with E-state index in [4.69, 9.17) is 4.74 Å². The highest BCUT2D eigenvalue weighted by Gasteiger charge is 2.32. The highest BCUT2D eigenvalue weighted by molar-refractivity contribution is 5.87. The van der Waals surface area contributed by atoms with Crippen molar-refractivity contribution in [2.45, 2.75) is 31.4 Å². The molecule has 0 aromatic heterocycles. The molecule has 106 valence electrons. The van der Waals surface area contributed by atoms with Crippen LogP contribution in [0.1, 0.15) is 18.4 Å². The van der Waals surface area contributed by atoms with E-state index in [2.05, 4.69) is 5.32 Å². The van der Waals surface area contributed by atoms with Gasteiger partial charge in [-0.2, -0.15) is 0 Å². The maximum absolute atomic E-state index is 12.3. The summed E-state index contributed by atoms with van der Waals surface area (Å²) in [6.45, 7) is 0.0888. The first kappa shape index (κ1) is 13.0. The summed E-state index contributed by atoms with van der Waals surface area (Å²) in [5.74, 6) is 0.521. The Morgan fingerprint density at radius 3 is 2.80 bits per heavy atom. The van der Waals surface area contributed by atoms with Crippen LogP contribution >= 0.6 is 0 Å². The van der Waals surface area contributed by atoms with E-state index in [0.717, 1.165) is 24.2 Å². The van der Waals surface area contributed by atoms with Crippen LogP contribution in [0.3, 0.4) is 0 Å². The number of fused-ring (bicyclic) bond motifs is 1. The second-order valence-corrected chi connectivity index (χ2v) is 5.45. The molecule has 0 bridgehead atoms. The number of nitrogens with zero attached hydrogens (tertiary/aromatic N) is 1. The van der Waals surface area contributed by atoms with E-state index in [1.807, 2.05) is 24.3 Å². The van der Waals surface area contributed by atoms with Gasteiger partial charge >= 0.3 is 0 Å². The Labute approximate surface area is 117 Å². The van der Waals surface area contributed by atoms with Crippen molar-refractivity contribution >= 4 is 11.8 Å². The van der Waals surface area contributed by atoms with Crippen LogP contribution in [-0.4, -0.2) is 42.5 Å². The van der Waals surface area contributed by atoms with Crippen LogP contribution in [0.4, 0.5) is 0 Å². The zero-order valence-electron chi connectivity index (χ0n) is 11.5. The van der Waals surface area contributed by atoms with Gasteiger partial charge in [-0.1, -0.05) is 18.2 Å². The molecule has 0 spiro atoms. The molecule has 0 unspecified atom stereocenters. The van der Waals surface area contributed by atoms with Gasteiger partial charge < -0.3 is 15.0 Å². The molecular formula is C15H18N2O3. The van der Waals surface area contributed by atoms with E-state index in [9.17, 15) is 9.59 Å². The maximum atomic E-state index is 12.3. The zero-order chi connectivity index (χ0) is 14.1. The fourth-order valence-electron chi connectivity index (χ4n) is 2.36. The lowest BCUT2D eigenvalue weighted by Gasteiger charge is -2.20. The zero-order valence-corrected chi connectivity index (χ0v) is 11.5. The van der Waals surface area contributed by atoms with Gasteiger partial charge in [0.1, 0.15) is 5.75 Å². The number of likely N-dealkylation sites (N-methyl/N-ethyl adjacent to an activating group) is 1. The van der Waals surface area contributed by atoms with Gasteiger partial charge in [0.05, 0.1) is 6.54 Å². The molecule has 1 heterocycles. The molecule has 1 aliphatic carbocycles. The number of ether oxygens (including phenoxy) is 1. The van der Waals surface area contributed by atoms with E-state index >= 15 is 0 Å². The molecule has 0 saturated heterocycles. The SMILES string of the molecule is CN(CC(=O)NC1CC1)C(=O)[C@@H]1Cc2ccccc2O1.